The Kier molecular flexibility index (Phi) is 5.90. The van der Waals surface area contributed by atoms with Gasteiger partial charge in [0.15, 0.2) is 0 Å². The minimum absolute atomic E-state index is 0.00354. The summed E-state index contributed by atoms with van der Waals surface area (Å²) < 4.78 is 12.1. The Morgan fingerprint density at radius 1 is 1.12 bits per heavy atom. The third-order valence-electron chi connectivity index (χ3n) is 3.21. The molecule has 124 valence electrons. The van der Waals surface area contributed by atoms with Gasteiger partial charge in [0.25, 0.3) is 0 Å². The van der Waals surface area contributed by atoms with Crippen LogP contribution < -0.4 is 5.32 Å². The molecule has 0 aliphatic rings. The largest absolute Gasteiger partial charge is 0.350 e. The van der Waals surface area contributed by atoms with Crippen molar-refractivity contribution >= 4 is 39.4 Å². The molecule has 0 aliphatic carbocycles. The highest BCUT2D eigenvalue weighted by Gasteiger charge is 2.12. The molecule has 0 saturated carbocycles. The summed E-state index contributed by atoms with van der Waals surface area (Å²) in [5.41, 5.74) is 1.82. The summed E-state index contributed by atoms with van der Waals surface area (Å²) in [6.07, 6.45) is 0. The average molecular weight is 377 g/mol. The molecule has 3 aromatic rings. The van der Waals surface area contributed by atoms with Crippen LogP contribution in [-0.4, -0.2) is 20.9 Å². The fourth-order valence-corrected chi connectivity index (χ4v) is 4.65. The lowest BCUT2D eigenvalue weighted by Gasteiger charge is -2.03. The zero-order valence-corrected chi connectivity index (χ0v) is 15.3. The summed E-state index contributed by atoms with van der Waals surface area (Å²) in [4.78, 5) is 17.4. The molecule has 24 heavy (non-hydrogen) atoms. The minimum atomic E-state index is -1.26. The van der Waals surface area contributed by atoms with Crippen LogP contribution in [0.5, 0.6) is 0 Å². The van der Waals surface area contributed by atoms with Gasteiger partial charge in [0.1, 0.15) is 10.8 Å². The van der Waals surface area contributed by atoms with Crippen molar-refractivity contribution < 1.29 is 9.00 Å². The second kappa shape index (κ2) is 8.32. The predicted molar refractivity (Wildman–Crippen MR) is 100 cm³/mol. The Hall–Kier alpha value is -1.83. The predicted octanol–water partition coefficient (Wildman–Crippen LogP) is 3.44. The molecule has 1 atom stereocenters. The van der Waals surface area contributed by atoms with Crippen LogP contribution in [0.3, 0.4) is 0 Å². The van der Waals surface area contributed by atoms with Crippen molar-refractivity contribution in [3.05, 3.63) is 63.8 Å². The molecule has 7 heteroatoms. The molecule has 1 amide bonds. The highest BCUT2D eigenvalue weighted by atomic mass is 32.2. The smallest absolute Gasteiger partial charge is 0.232 e. The van der Waals surface area contributed by atoms with E-state index in [0.29, 0.717) is 12.3 Å². The number of amides is 1. The summed E-state index contributed by atoms with van der Waals surface area (Å²) in [5, 5.41) is 7.57. The van der Waals surface area contributed by atoms with Gasteiger partial charge in [-0.1, -0.05) is 36.4 Å². The summed E-state index contributed by atoms with van der Waals surface area (Å²) in [7, 11) is -1.26. The Balaban J connectivity index is 1.50. The fraction of sp³-hybridized carbons (Fsp3) is 0.176. The van der Waals surface area contributed by atoms with Gasteiger partial charge in [-0.15, -0.1) is 22.7 Å². The molecular formula is C17H16N2O2S3. The van der Waals surface area contributed by atoms with Crippen LogP contribution in [-0.2, 0) is 27.9 Å². The SMILES string of the molecule is O=C(C[S@@](=O)Cc1csc(-c2ccccc2)n1)NCc1cccs1. The van der Waals surface area contributed by atoms with Crippen LogP contribution in [0.1, 0.15) is 10.6 Å². The lowest BCUT2D eigenvalue weighted by atomic mass is 10.2. The van der Waals surface area contributed by atoms with Gasteiger partial charge in [-0.05, 0) is 11.4 Å². The van der Waals surface area contributed by atoms with Crippen LogP contribution in [0, 0.1) is 0 Å². The van der Waals surface area contributed by atoms with E-state index >= 15 is 0 Å². The molecule has 0 radical (unpaired) electrons. The third-order valence-corrected chi connectivity index (χ3v) is 6.23. The maximum absolute atomic E-state index is 12.1. The maximum atomic E-state index is 12.1. The summed E-state index contributed by atoms with van der Waals surface area (Å²) >= 11 is 3.12. The van der Waals surface area contributed by atoms with Crippen molar-refractivity contribution in [2.75, 3.05) is 5.75 Å². The number of nitrogens with one attached hydrogen (secondary N) is 1. The number of rotatable bonds is 7. The van der Waals surface area contributed by atoms with Crippen molar-refractivity contribution in [3.8, 4) is 10.6 Å². The van der Waals surface area contributed by atoms with Crippen molar-refractivity contribution in [3.63, 3.8) is 0 Å². The monoisotopic (exact) mass is 376 g/mol. The van der Waals surface area contributed by atoms with E-state index in [4.69, 9.17) is 0 Å². The summed E-state index contributed by atoms with van der Waals surface area (Å²) in [5.74, 6) is 0.111. The number of thiophene rings is 1. The van der Waals surface area contributed by atoms with Crippen molar-refractivity contribution in [1.82, 2.24) is 10.3 Å². The molecule has 0 spiro atoms. The van der Waals surface area contributed by atoms with Crippen LogP contribution >= 0.6 is 22.7 Å². The number of carbonyl (C=O) groups excluding carboxylic acids is 1. The summed E-state index contributed by atoms with van der Waals surface area (Å²) in [6, 6.07) is 13.8. The quantitative estimate of drug-likeness (QED) is 0.687. The second-order valence-corrected chi connectivity index (χ2v) is 8.44. The first-order valence-electron chi connectivity index (χ1n) is 7.34. The highest BCUT2D eigenvalue weighted by Crippen LogP contribution is 2.23. The van der Waals surface area contributed by atoms with E-state index in [9.17, 15) is 9.00 Å². The molecule has 0 bridgehead atoms. The van der Waals surface area contributed by atoms with Crippen LogP contribution in [0.15, 0.2) is 53.2 Å². The standard InChI is InChI=1S/C17H16N2O2S3/c20-16(18-9-15-7-4-8-22-15)12-24(21)11-14-10-23-17(19-14)13-5-2-1-3-6-13/h1-8,10H,9,11-12H2,(H,18,20)/t24-/m0/s1. The molecule has 2 aromatic heterocycles. The molecule has 3 rings (SSSR count). The first-order valence-corrected chi connectivity index (χ1v) is 10.6. The molecular weight excluding hydrogens is 360 g/mol. The van der Waals surface area contributed by atoms with Crippen molar-refractivity contribution in [2.45, 2.75) is 12.3 Å². The Bertz CT molecular complexity index is 814. The molecule has 1 N–H and O–H groups in total. The number of hydrogen-bond acceptors (Lipinski definition) is 5. The van der Waals surface area contributed by atoms with E-state index in [1.54, 1.807) is 11.3 Å². The van der Waals surface area contributed by atoms with Gasteiger partial charge in [-0.2, -0.15) is 0 Å². The molecule has 0 aliphatic heterocycles. The van der Waals surface area contributed by atoms with Gasteiger partial charge in [0, 0.05) is 26.6 Å². The minimum Gasteiger partial charge on any atom is -0.350 e. The topological polar surface area (TPSA) is 59.1 Å². The van der Waals surface area contributed by atoms with Crippen LogP contribution in [0.2, 0.25) is 0 Å². The number of nitrogens with zero attached hydrogens (tertiary/aromatic N) is 1. The van der Waals surface area contributed by atoms with E-state index in [0.717, 1.165) is 21.1 Å². The second-order valence-electron chi connectivity index (χ2n) is 5.09. The van der Waals surface area contributed by atoms with E-state index in [1.165, 1.54) is 11.3 Å². The van der Waals surface area contributed by atoms with Gasteiger partial charge in [0.2, 0.25) is 5.91 Å². The lowest BCUT2D eigenvalue weighted by Crippen LogP contribution is -2.27. The number of hydrogen-bond donors (Lipinski definition) is 1. The van der Waals surface area contributed by atoms with Gasteiger partial charge in [-0.3, -0.25) is 9.00 Å². The Morgan fingerprint density at radius 3 is 2.71 bits per heavy atom. The number of benzene rings is 1. The van der Waals surface area contributed by atoms with Gasteiger partial charge < -0.3 is 5.32 Å². The van der Waals surface area contributed by atoms with Crippen LogP contribution in [0.4, 0.5) is 0 Å². The van der Waals surface area contributed by atoms with Gasteiger partial charge >= 0.3 is 0 Å². The molecule has 0 saturated heterocycles. The zero-order valence-electron chi connectivity index (χ0n) is 12.8. The molecule has 1 aromatic carbocycles. The summed E-state index contributed by atoms with van der Waals surface area (Å²) in [6.45, 7) is 0.489. The van der Waals surface area contributed by atoms with E-state index in [2.05, 4.69) is 10.3 Å². The first-order chi connectivity index (χ1) is 11.7. The van der Waals surface area contributed by atoms with E-state index in [1.807, 2.05) is 53.2 Å². The highest BCUT2D eigenvalue weighted by molar-refractivity contribution is 7.84. The molecule has 4 nitrogen and oxygen atoms in total. The normalized spacial score (nSPS) is 12.0. The Labute approximate surface area is 151 Å². The zero-order chi connectivity index (χ0) is 16.8. The lowest BCUT2D eigenvalue weighted by molar-refractivity contribution is -0.118. The molecule has 2 heterocycles. The Morgan fingerprint density at radius 2 is 1.96 bits per heavy atom. The average Bonchev–Trinajstić information content (AvgIpc) is 3.25. The fourth-order valence-electron chi connectivity index (χ4n) is 2.10. The van der Waals surface area contributed by atoms with Crippen molar-refractivity contribution in [2.24, 2.45) is 0 Å². The maximum Gasteiger partial charge on any atom is 0.232 e. The third kappa shape index (κ3) is 4.83. The van der Waals surface area contributed by atoms with Gasteiger partial charge in [0.05, 0.1) is 18.0 Å². The van der Waals surface area contributed by atoms with Crippen molar-refractivity contribution in [1.29, 1.82) is 0 Å². The van der Waals surface area contributed by atoms with E-state index in [-0.39, 0.29) is 11.7 Å². The molecule has 0 fully saturated rings. The van der Waals surface area contributed by atoms with E-state index < -0.39 is 10.8 Å². The number of thiazole rings is 1. The number of carbonyl (C=O) groups is 1. The first kappa shape index (κ1) is 17.0. The number of aromatic nitrogens is 1. The van der Waals surface area contributed by atoms with Gasteiger partial charge in [-0.25, -0.2) is 4.98 Å². The molecule has 0 unspecified atom stereocenters. The van der Waals surface area contributed by atoms with Crippen LogP contribution in [0.25, 0.3) is 10.6 Å².